The summed E-state index contributed by atoms with van der Waals surface area (Å²) in [6.07, 6.45) is 12.7. The standard InChI is InChI=1S/C17H34N2/c1-3-12-18-16-9-5-6-10-17(16)19-13-7-8-15(4-2)11-14-19/h15-18H,3-14H2,1-2H3. The van der Waals surface area contributed by atoms with Gasteiger partial charge in [-0.15, -0.1) is 0 Å². The van der Waals surface area contributed by atoms with Crippen molar-refractivity contribution in [2.75, 3.05) is 19.6 Å². The molecule has 2 nitrogen and oxygen atoms in total. The van der Waals surface area contributed by atoms with Crippen LogP contribution >= 0.6 is 0 Å². The highest BCUT2D eigenvalue weighted by molar-refractivity contribution is 4.89. The summed E-state index contributed by atoms with van der Waals surface area (Å²) in [5.74, 6) is 0.996. The van der Waals surface area contributed by atoms with Crippen LogP contribution in [0.3, 0.4) is 0 Å². The molecule has 0 spiro atoms. The molecule has 3 unspecified atom stereocenters. The molecule has 0 aromatic heterocycles. The Balaban J connectivity index is 1.89. The van der Waals surface area contributed by atoms with Gasteiger partial charge in [-0.05, 0) is 64.1 Å². The molecule has 1 saturated carbocycles. The van der Waals surface area contributed by atoms with Crippen LogP contribution < -0.4 is 5.32 Å². The minimum absolute atomic E-state index is 0.770. The molecule has 0 bridgehead atoms. The van der Waals surface area contributed by atoms with Crippen LogP contribution in [0.1, 0.15) is 71.6 Å². The van der Waals surface area contributed by atoms with Gasteiger partial charge in [-0.25, -0.2) is 0 Å². The fourth-order valence-electron chi connectivity index (χ4n) is 4.04. The molecule has 2 rings (SSSR count). The largest absolute Gasteiger partial charge is 0.312 e. The number of hydrogen-bond donors (Lipinski definition) is 1. The summed E-state index contributed by atoms with van der Waals surface area (Å²) >= 11 is 0. The normalized spacial score (nSPS) is 34.1. The van der Waals surface area contributed by atoms with E-state index in [-0.39, 0.29) is 0 Å². The lowest BCUT2D eigenvalue weighted by Crippen LogP contribution is -2.52. The lowest BCUT2D eigenvalue weighted by molar-refractivity contribution is 0.124. The summed E-state index contributed by atoms with van der Waals surface area (Å²) in [7, 11) is 0. The Hall–Kier alpha value is -0.0800. The van der Waals surface area contributed by atoms with Crippen LogP contribution in [0.25, 0.3) is 0 Å². The molecular formula is C17H34N2. The van der Waals surface area contributed by atoms with Crippen LogP contribution in [0.15, 0.2) is 0 Å². The van der Waals surface area contributed by atoms with Gasteiger partial charge in [-0.1, -0.05) is 33.1 Å². The van der Waals surface area contributed by atoms with Crippen molar-refractivity contribution in [1.82, 2.24) is 10.2 Å². The van der Waals surface area contributed by atoms with Gasteiger partial charge < -0.3 is 5.32 Å². The second-order valence-corrected chi connectivity index (χ2v) is 6.65. The van der Waals surface area contributed by atoms with E-state index in [1.165, 1.54) is 77.4 Å². The number of nitrogens with zero attached hydrogens (tertiary/aromatic N) is 1. The first-order chi connectivity index (χ1) is 9.35. The zero-order valence-corrected chi connectivity index (χ0v) is 13.2. The summed E-state index contributed by atoms with van der Waals surface area (Å²) in [4.78, 5) is 2.84. The molecule has 2 fully saturated rings. The first kappa shape index (κ1) is 15.3. The number of rotatable bonds is 5. The van der Waals surface area contributed by atoms with E-state index in [2.05, 4.69) is 24.1 Å². The molecule has 0 aromatic rings. The molecular weight excluding hydrogens is 232 g/mol. The monoisotopic (exact) mass is 266 g/mol. The molecule has 112 valence electrons. The van der Waals surface area contributed by atoms with E-state index in [0.29, 0.717) is 0 Å². The van der Waals surface area contributed by atoms with Crippen LogP contribution in [0, 0.1) is 5.92 Å². The summed E-state index contributed by atoms with van der Waals surface area (Å²) < 4.78 is 0. The second kappa shape index (κ2) is 8.26. The molecule has 19 heavy (non-hydrogen) atoms. The molecule has 0 amide bonds. The van der Waals surface area contributed by atoms with E-state index < -0.39 is 0 Å². The second-order valence-electron chi connectivity index (χ2n) is 6.65. The van der Waals surface area contributed by atoms with Crippen molar-refractivity contribution in [1.29, 1.82) is 0 Å². The number of likely N-dealkylation sites (tertiary alicyclic amines) is 1. The maximum atomic E-state index is 3.82. The molecule has 3 atom stereocenters. The summed E-state index contributed by atoms with van der Waals surface area (Å²) in [5, 5.41) is 3.82. The van der Waals surface area contributed by atoms with E-state index in [1.54, 1.807) is 0 Å². The molecule has 1 aliphatic carbocycles. The van der Waals surface area contributed by atoms with E-state index in [4.69, 9.17) is 0 Å². The van der Waals surface area contributed by atoms with E-state index in [0.717, 1.165) is 18.0 Å². The molecule has 1 N–H and O–H groups in total. The Morgan fingerprint density at radius 2 is 1.79 bits per heavy atom. The van der Waals surface area contributed by atoms with Crippen molar-refractivity contribution < 1.29 is 0 Å². The van der Waals surface area contributed by atoms with Gasteiger partial charge in [0.25, 0.3) is 0 Å². The Morgan fingerprint density at radius 1 is 0.947 bits per heavy atom. The maximum absolute atomic E-state index is 3.82. The zero-order chi connectivity index (χ0) is 13.5. The minimum atomic E-state index is 0.770. The Morgan fingerprint density at radius 3 is 2.58 bits per heavy atom. The molecule has 2 heteroatoms. The molecule has 1 heterocycles. The summed E-state index contributed by atoms with van der Waals surface area (Å²) in [5.41, 5.74) is 0. The Labute approximate surface area is 120 Å². The molecule has 0 radical (unpaired) electrons. The number of hydrogen-bond acceptors (Lipinski definition) is 2. The quantitative estimate of drug-likeness (QED) is 0.814. The zero-order valence-electron chi connectivity index (χ0n) is 13.2. The van der Waals surface area contributed by atoms with Gasteiger partial charge in [0.15, 0.2) is 0 Å². The van der Waals surface area contributed by atoms with Crippen molar-refractivity contribution in [3.8, 4) is 0 Å². The molecule has 1 aliphatic heterocycles. The highest BCUT2D eigenvalue weighted by Crippen LogP contribution is 2.28. The third-order valence-electron chi connectivity index (χ3n) is 5.31. The number of nitrogens with one attached hydrogen (secondary N) is 1. The fraction of sp³-hybridized carbons (Fsp3) is 1.00. The Bertz CT molecular complexity index is 241. The highest BCUT2D eigenvalue weighted by Gasteiger charge is 2.30. The third kappa shape index (κ3) is 4.46. The van der Waals surface area contributed by atoms with Gasteiger partial charge >= 0.3 is 0 Å². The predicted octanol–water partition coefficient (Wildman–Crippen LogP) is 3.81. The van der Waals surface area contributed by atoms with Gasteiger partial charge in [0.05, 0.1) is 0 Å². The van der Waals surface area contributed by atoms with Crippen molar-refractivity contribution in [3.63, 3.8) is 0 Å². The first-order valence-electron chi connectivity index (χ1n) is 8.82. The highest BCUT2D eigenvalue weighted by atomic mass is 15.2. The van der Waals surface area contributed by atoms with Crippen LogP contribution in [-0.2, 0) is 0 Å². The van der Waals surface area contributed by atoms with Crippen molar-refractivity contribution >= 4 is 0 Å². The SMILES string of the molecule is CCCNC1CCCCC1N1CCCC(CC)CC1. The molecule has 0 aromatic carbocycles. The van der Waals surface area contributed by atoms with Crippen LogP contribution in [0.2, 0.25) is 0 Å². The van der Waals surface area contributed by atoms with Crippen molar-refractivity contribution in [3.05, 3.63) is 0 Å². The van der Waals surface area contributed by atoms with E-state index >= 15 is 0 Å². The average Bonchev–Trinajstić information content (AvgIpc) is 2.70. The summed E-state index contributed by atoms with van der Waals surface area (Å²) in [6, 6.07) is 1.60. The lowest BCUT2D eigenvalue weighted by atomic mass is 9.88. The minimum Gasteiger partial charge on any atom is -0.312 e. The van der Waals surface area contributed by atoms with Crippen molar-refractivity contribution in [2.24, 2.45) is 5.92 Å². The third-order valence-corrected chi connectivity index (χ3v) is 5.31. The van der Waals surface area contributed by atoms with Gasteiger partial charge in [0.1, 0.15) is 0 Å². The maximum Gasteiger partial charge on any atom is 0.0249 e. The van der Waals surface area contributed by atoms with E-state index in [9.17, 15) is 0 Å². The van der Waals surface area contributed by atoms with E-state index in [1.807, 2.05) is 0 Å². The first-order valence-corrected chi connectivity index (χ1v) is 8.82. The van der Waals surface area contributed by atoms with Gasteiger partial charge in [-0.2, -0.15) is 0 Å². The summed E-state index contributed by atoms with van der Waals surface area (Å²) in [6.45, 7) is 8.56. The Kier molecular flexibility index (Phi) is 6.66. The molecule has 2 aliphatic rings. The average molecular weight is 266 g/mol. The fourth-order valence-corrected chi connectivity index (χ4v) is 4.04. The van der Waals surface area contributed by atoms with Crippen LogP contribution in [0.4, 0.5) is 0 Å². The topological polar surface area (TPSA) is 15.3 Å². The van der Waals surface area contributed by atoms with Gasteiger partial charge in [0, 0.05) is 12.1 Å². The lowest BCUT2D eigenvalue weighted by Gasteiger charge is -2.40. The van der Waals surface area contributed by atoms with Gasteiger partial charge in [-0.3, -0.25) is 4.90 Å². The van der Waals surface area contributed by atoms with Gasteiger partial charge in [0.2, 0.25) is 0 Å². The van der Waals surface area contributed by atoms with Crippen molar-refractivity contribution in [2.45, 2.75) is 83.7 Å². The van der Waals surface area contributed by atoms with Crippen LogP contribution in [-0.4, -0.2) is 36.6 Å². The molecule has 1 saturated heterocycles. The smallest absolute Gasteiger partial charge is 0.0249 e. The van der Waals surface area contributed by atoms with Crippen LogP contribution in [0.5, 0.6) is 0 Å². The predicted molar refractivity (Wildman–Crippen MR) is 83.5 cm³/mol.